The first-order valence-corrected chi connectivity index (χ1v) is 5.50. The molecule has 90 valence electrons. The van der Waals surface area contributed by atoms with Crippen molar-refractivity contribution in [2.24, 2.45) is 11.8 Å². The van der Waals surface area contributed by atoms with Gasteiger partial charge in [0, 0.05) is 5.56 Å². The SMILES string of the molecule is CCC(c1c(F)ccc(O)c1NN)C(C)C. The van der Waals surface area contributed by atoms with Crippen molar-refractivity contribution in [2.75, 3.05) is 5.43 Å². The maximum Gasteiger partial charge on any atom is 0.140 e. The van der Waals surface area contributed by atoms with E-state index in [1.54, 1.807) is 0 Å². The molecule has 0 amide bonds. The van der Waals surface area contributed by atoms with E-state index in [1.807, 2.05) is 20.8 Å². The zero-order valence-corrected chi connectivity index (χ0v) is 9.92. The van der Waals surface area contributed by atoms with Gasteiger partial charge in [0.2, 0.25) is 0 Å². The van der Waals surface area contributed by atoms with E-state index in [0.29, 0.717) is 11.3 Å². The highest BCUT2D eigenvalue weighted by Crippen LogP contribution is 2.39. The highest BCUT2D eigenvalue weighted by atomic mass is 19.1. The molecule has 0 bridgehead atoms. The largest absolute Gasteiger partial charge is 0.506 e. The molecule has 0 aliphatic carbocycles. The third-order valence-electron chi connectivity index (χ3n) is 2.93. The van der Waals surface area contributed by atoms with Gasteiger partial charge in [0.1, 0.15) is 11.6 Å². The molecule has 0 aliphatic heterocycles. The average Bonchev–Trinajstić information content (AvgIpc) is 2.24. The molecule has 1 unspecified atom stereocenters. The summed E-state index contributed by atoms with van der Waals surface area (Å²) in [6.07, 6.45) is 0.798. The topological polar surface area (TPSA) is 58.3 Å². The summed E-state index contributed by atoms with van der Waals surface area (Å²) >= 11 is 0. The van der Waals surface area contributed by atoms with Crippen molar-refractivity contribution in [3.05, 3.63) is 23.5 Å². The predicted molar refractivity (Wildman–Crippen MR) is 63.7 cm³/mol. The Kier molecular flexibility index (Phi) is 4.12. The zero-order valence-electron chi connectivity index (χ0n) is 9.92. The van der Waals surface area contributed by atoms with Gasteiger partial charge in [0.15, 0.2) is 0 Å². The lowest BCUT2D eigenvalue weighted by Crippen LogP contribution is -2.15. The zero-order chi connectivity index (χ0) is 12.3. The molecule has 4 heteroatoms. The monoisotopic (exact) mass is 226 g/mol. The summed E-state index contributed by atoms with van der Waals surface area (Å²) in [7, 11) is 0. The first-order valence-electron chi connectivity index (χ1n) is 5.50. The van der Waals surface area contributed by atoms with Gasteiger partial charge in [-0.15, -0.1) is 0 Å². The Morgan fingerprint density at radius 3 is 2.50 bits per heavy atom. The quantitative estimate of drug-likeness (QED) is 0.420. The number of hydrogen-bond acceptors (Lipinski definition) is 3. The molecule has 1 rings (SSSR count). The summed E-state index contributed by atoms with van der Waals surface area (Å²) in [5.74, 6) is 5.32. The third kappa shape index (κ3) is 2.27. The van der Waals surface area contributed by atoms with Gasteiger partial charge in [0.25, 0.3) is 0 Å². The summed E-state index contributed by atoms with van der Waals surface area (Å²) in [6, 6.07) is 2.58. The Labute approximate surface area is 95.4 Å². The molecule has 1 aromatic carbocycles. The lowest BCUT2D eigenvalue weighted by Gasteiger charge is -2.23. The predicted octanol–water partition coefficient (Wildman–Crippen LogP) is 2.97. The van der Waals surface area contributed by atoms with Gasteiger partial charge in [-0.25, -0.2) is 4.39 Å². The van der Waals surface area contributed by atoms with Gasteiger partial charge in [-0.1, -0.05) is 20.8 Å². The van der Waals surface area contributed by atoms with Crippen LogP contribution in [0.2, 0.25) is 0 Å². The minimum absolute atomic E-state index is 0.0157. The van der Waals surface area contributed by atoms with E-state index in [4.69, 9.17) is 5.84 Å². The van der Waals surface area contributed by atoms with E-state index in [1.165, 1.54) is 12.1 Å². The number of nitrogens with two attached hydrogens (primary N) is 1. The summed E-state index contributed by atoms with van der Waals surface area (Å²) in [5, 5.41) is 9.63. The number of rotatable bonds is 4. The molecule has 0 saturated carbocycles. The molecule has 0 heterocycles. The van der Waals surface area contributed by atoms with E-state index in [9.17, 15) is 9.50 Å². The van der Waals surface area contributed by atoms with Gasteiger partial charge >= 0.3 is 0 Å². The van der Waals surface area contributed by atoms with Crippen LogP contribution in [0.5, 0.6) is 5.75 Å². The van der Waals surface area contributed by atoms with Crippen molar-refractivity contribution in [1.29, 1.82) is 0 Å². The molecule has 0 saturated heterocycles. The van der Waals surface area contributed by atoms with Crippen molar-refractivity contribution in [2.45, 2.75) is 33.1 Å². The number of nitrogen functional groups attached to an aromatic ring is 1. The van der Waals surface area contributed by atoms with Crippen molar-refractivity contribution in [3.8, 4) is 5.75 Å². The number of anilines is 1. The Morgan fingerprint density at radius 2 is 2.06 bits per heavy atom. The molecule has 1 aromatic rings. The molecule has 0 aliphatic rings. The maximum atomic E-state index is 13.8. The second-order valence-corrected chi connectivity index (χ2v) is 4.26. The number of halogens is 1. The number of phenols is 1. The second kappa shape index (κ2) is 5.16. The fraction of sp³-hybridized carbons (Fsp3) is 0.500. The van der Waals surface area contributed by atoms with Crippen molar-refractivity contribution in [3.63, 3.8) is 0 Å². The first kappa shape index (κ1) is 12.8. The van der Waals surface area contributed by atoms with E-state index in [2.05, 4.69) is 5.43 Å². The molecule has 0 spiro atoms. The Bertz CT molecular complexity index is 366. The van der Waals surface area contributed by atoms with Crippen LogP contribution in [0.25, 0.3) is 0 Å². The lowest BCUT2D eigenvalue weighted by molar-refractivity contribution is 0.448. The van der Waals surface area contributed by atoms with Gasteiger partial charge < -0.3 is 10.5 Å². The van der Waals surface area contributed by atoms with Crippen LogP contribution in [-0.4, -0.2) is 5.11 Å². The Morgan fingerprint density at radius 1 is 1.44 bits per heavy atom. The van der Waals surface area contributed by atoms with Gasteiger partial charge in [0.05, 0.1) is 5.69 Å². The number of nitrogens with one attached hydrogen (secondary N) is 1. The molecular weight excluding hydrogens is 207 g/mol. The molecule has 16 heavy (non-hydrogen) atoms. The smallest absolute Gasteiger partial charge is 0.140 e. The van der Waals surface area contributed by atoms with E-state index >= 15 is 0 Å². The van der Waals surface area contributed by atoms with Crippen LogP contribution in [0, 0.1) is 11.7 Å². The van der Waals surface area contributed by atoms with Crippen LogP contribution >= 0.6 is 0 Å². The molecule has 0 fully saturated rings. The summed E-state index contributed by atoms with van der Waals surface area (Å²) in [4.78, 5) is 0. The van der Waals surface area contributed by atoms with Crippen molar-refractivity contribution >= 4 is 5.69 Å². The molecule has 0 radical (unpaired) electrons. The van der Waals surface area contributed by atoms with Gasteiger partial charge in [-0.05, 0) is 30.4 Å². The van der Waals surface area contributed by atoms with E-state index in [0.717, 1.165) is 6.42 Å². The van der Waals surface area contributed by atoms with E-state index < -0.39 is 0 Å². The average molecular weight is 226 g/mol. The number of benzene rings is 1. The first-order chi connectivity index (χ1) is 7.52. The fourth-order valence-corrected chi connectivity index (χ4v) is 2.11. The van der Waals surface area contributed by atoms with Gasteiger partial charge in [-0.3, -0.25) is 5.84 Å². The normalized spacial score (nSPS) is 12.9. The van der Waals surface area contributed by atoms with Gasteiger partial charge in [-0.2, -0.15) is 0 Å². The molecule has 4 N–H and O–H groups in total. The minimum atomic E-state index is -0.327. The Balaban J connectivity index is 3.34. The van der Waals surface area contributed by atoms with Crippen LogP contribution in [-0.2, 0) is 0 Å². The number of hydrogen-bond donors (Lipinski definition) is 3. The van der Waals surface area contributed by atoms with Crippen LogP contribution in [0.4, 0.5) is 10.1 Å². The second-order valence-electron chi connectivity index (χ2n) is 4.26. The summed E-state index contributed by atoms with van der Waals surface area (Å²) in [6.45, 7) is 6.05. The summed E-state index contributed by atoms with van der Waals surface area (Å²) in [5.41, 5.74) is 3.15. The van der Waals surface area contributed by atoms with Crippen molar-refractivity contribution in [1.82, 2.24) is 0 Å². The number of phenolic OH excluding ortho intramolecular Hbond substituents is 1. The highest BCUT2D eigenvalue weighted by Gasteiger charge is 2.23. The van der Waals surface area contributed by atoms with E-state index in [-0.39, 0.29) is 23.4 Å². The maximum absolute atomic E-state index is 13.8. The summed E-state index contributed by atoms with van der Waals surface area (Å²) < 4.78 is 13.8. The standard InChI is InChI=1S/C12H19FN2O/c1-4-8(7(2)3)11-9(13)5-6-10(16)12(11)15-14/h5-8,15-16H,4,14H2,1-3H3. The fourth-order valence-electron chi connectivity index (χ4n) is 2.11. The van der Waals surface area contributed by atoms with Crippen molar-refractivity contribution < 1.29 is 9.50 Å². The van der Waals surface area contributed by atoms with Crippen LogP contribution in [0.1, 0.15) is 38.7 Å². The Hall–Kier alpha value is -1.29. The lowest BCUT2D eigenvalue weighted by atomic mass is 9.85. The molecule has 3 nitrogen and oxygen atoms in total. The number of aromatic hydroxyl groups is 1. The molecular formula is C12H19FN2O. The third-order valence-corrected chi connectivity index (χ3v) is 2.93. The van der Waals surface area contributed by atoms with Crippen LogP contribution in [0.3, 0.4) is 0 Å². The minimum Gasteiger partial charge on any atom is -0.506 e. The molecule has 1 atom stereocenters. The highest BCUT2D eigenvalue weighted by molar-refractivity contribution is 5.62. The molecule has 0 aromatic heterocycles. The van der Waals surface area contributed by atoms with Crippen LogP contribution < -0.4 is 11.3 Å². The van der Waals surface area contributed by atoms with Crippen LogP contribution in [0.15, 0.2) is 12.1 Å². The number of hydrazine groups is 1.